The number of anilines is 1. The maximum atomic E-state index is 12.9. The Hall–Kier alpha value is -2.88. The zero-order chi connectivity index (χ0) is 15.9. The molecule has 3 rings (SSSR count). The van der Waals surface area contributed by atoms with Crippen LogP contribution < -0.4 is 10.1 Å². The first-order valence-corrected chi connectivity index (χ1v) is 7.41. The van der Waals surface area contributed by atoms with Gasteiger partial charge in [-0.2, -0.15) is 0 Å². The van der Waals surface area contributed by atoms with Crippen molar-refractivity contribution in [2.24, 2.45) is 0 Å². The normalized spacial score (nSPS) is 10.3. The molecule has 3 nitrogen and oxygen atoms in total. The second kappa shape index (κ2) is 7.40. The third kappa shape index (κ3) is 4.30. The molecule has 0 aliphatic heterocycles. The molecule has 0 atom stereocenters. The maximum absolute atomic E-state index is 12.9. The minimum absolute atomic E-state index is 0.242. The van der Waals surface area contributed by atoms with Crippen LogP contribution in [0.2, 0.25) is 0 Å². The maximum Gasteiger partial charge on any atom is 0.126 e. The Balaban J connectivity index is 1.64. The smallest absolute Gasteiger partial charge is 0.126 e. The second-order valence-electron chi connectivity index (χ2n) is 5.09. The van der Waals surface area contributed by atoms with E-state index < -0.39 is 0 Å². The molecule has 0 aliphatic carbocycles. The summed E-state index contributed by atoms with van der Waals surface area (Å²) in [5, 5.41) is 3.27. The average Bonchev–Trinajstić information content (AvgIpc) is 2.61. The summed E-state index contributed by atoms with van der Waals surface area (Å²) in [5.74, 6) is 1.38. The lowest BCUT2D eigenvalue weighted by molar-refractivity contribution is 0.303. The fraction of sp³-hybridized carbons (Fsp3) is 0.105. The fourth-order valence-corrected chi connectivity index (χ4v) is 2.19. The number of aromatic nitrogens is 1. The lowest BCUT2D eigenvalue weighted by atomic mass is 10.2. The highest BCUT2D eigenvalue weighted by Crippen LogP contribution is 2.20. The summed E-state index contributed by atoms with van der Waals surface area (Å²) in [7, 11) is 0. The molecular weight excluding hydrogens is 291 g/mol. The van der Waals surface area contributed by atoms with Gasteiger partial charge in [-0.3, -0.25) is 0 Å². The van der Waals surface area contributed by atoms with Gasteiger partial charge in [0.1, 0.15) is 24.0 Å². The van der Waals surface area contributed by atoms with Gasteiger partial charge in [-0.05, 0) is 35.9 Å². The molecule has 0 amide bonds. The highest BCUT2D eigenvalue weighted by atomic mass is 19.1. The summed E-state index contributed by atoms with van der Waals surface area (Å²) in [5.41, 5.74) is 1.97. The van der Waals surface area contributed by atoms with Crippen LogP contribution in [0.4, 0.5) is 10.2 Å². The molecule has 0 radical (unpaired) electrons. The van der Waals surface area contributed by atoms with Crippen LogP contribution in [0.1, 0.15) is 11.1 Å². The van der Waals surface area contributed by atoms with Crippen LogP contribution in [0, 0.1) is 5.82 Å². The number of ether oxygens (including phenoxy) is 1. The molecule has 0 aliphatic rings. The predicted octanol–water partition coefficient (Wildman–Crippen LogP) is 4.41. The highest BCUT2D eigenvalue weighted by molar-refractivity contribution is 5.39. The number of nitrogens with zero attached hydrogens (tertiary/aromatic N) is 1. The second-order valence-corrected chi connectivity index (χ2v) is 5.09. The van der Waals surface area contributed by atoms with Crippen molar-refractivity contribution in [3.8, 4) is 5.75 Å². The van der Waals surface area contributed by atoms with Gasteiger partial charge in [0.25, 0.3) is 0 Å². The quantitative estimate of drug-likeness (QED) is 0.732. The lowest BCUT2D eigenvalue weighted by Crippen LogP contribution is -2.04. The largest absolute Gasteiger partial charge is 0.489 e. The van der Waals surface area contributed by atoms with E-state index in [0.717, 1.165) is 22.7 Å². The van der Waals surface area contributed by atoms with Gasteiger partial charge in [0, 0.05) is 18.3 Å². The van der Waals surface area contributed by atoms with Gasteiger partial charge in [-0.25, -0.2) is 9.37 Å². The minimum atomic E-state index is -0.242. The summed E-state index contributed by atoms with van der Waals surface area (Å²) < 4.78 is 18.8. The SMILES string of the molecule is Fc1ccc(COc2ccccc2CNc2ccccn2)cc1. The van der Waals surface area contributed by atoms with Gasteiger partial charge < -0.3 is 10.1 Å². The Morgan fingerprint density at radius 1 is 0.913 bits per heavy atom. The van der Waals surface area contributed by atoms with Crippen LogP contribution in [0.15, 0.2) is 72.9 Å². The standard InChI is InChI=1S/C19H17FN2O/c20-17-10-8-15(9-11-17)14-23-18-6-2-1-5-16(18)13-22-19-7-3-4-12-21-19/h1-12H,13-14H2,(H,21,22). The van der Waals surface area contributed by atoms with Gasteiger partial charge in [-0.1, -0.05) is 36.4 Å². The van der Waals surface area contributed by atoms with Crippen molar-refractivity contribution in [1.29, 1.82) is 0 Å². The number of benzene rings is 2. The monoisotopic (exact) mass is 308 g/mol. The topological polar surface area (TPSA) is 34.1 Å². The molecule has 0 unspecified atom stereocenters. The Morgan fingerprint density at radius 2 is 1.70 bits per heavy atom. The van der Waals surface area contributed by atoms with E-state index in [4.69, 9.17) is 4.74 Å². The van der Waals surface area contributed by atoms with Crippen LogP contribution in [0.25, 0.3) is 0 Å². The first kappa shape index (κ1) is 15.0. The van der Waals surface area contributed by atoms with Crippen molar-refractivity contribution in [3.63, 3.8) is 0 Å². The molecule has 1 aromatic heterocycles. The van der Waals surface area contributed by atoms with E-state index in [1.807, 2.05) is 42.5 Å². The Bertz CT molecular complexity index is 745. The molecule has 116 valence electrons. The zero-order valence-electron chi connectivity index (χ0n) is 12.6. The molecule has 23 heavy (non-hydrogen) atoms. The number of hydrogen-bond acceptors (Lipinski definition) is 3. The van der Waals surface area contributed by atoms with Crippen LogP contribution in [-0.2, 0) is 13.2 Å². The van der Waals surface area contributed by atoms with Crippen molar-refractivity contribution in [2.45, 2.75) is 13.2 Å². The Labute approximate surface area is 134 Å². The van der Waals surface area contributed by atoms with E-state index in [1.54, 1.807) is 18.3 Å². The molecule has 4 heteroatoms. The van der Waals surface area contributed by atoms with Crippen molar-refractivity contribution in [3.05, 3.63) is 89.9 Å². The Morgan fingerprint density at radius 3 is 2.48 bits per heavy atom. The number of para-hydroxylation sites is 1. The zero-order valence-corrected chi connectivity index (χ0v) is 12.6. The van der Waals surface area contributed by atoms with Crippen LogP contribution >= 0.6 is 0 Å². The van der Waals surface area contributed by atoms with Gasteiger partial charge >= 0.3 is 0 Å². The highest BCUT2D eigenvalue weighted by Gasteiger charge is 2.04. The summed E-state index contributed by atoms with van der Waals surface area (Å²) in [6.07, 6.45) is 1.75. The third-order valence-electron chi connectivity index (χ3n) is 3.41. The number of pyridine rings is 1. The van der Waals surface area contributed by atoms with Crippen LogP contribution in [-0.4, -0.2) is 4.98 Å². The molecule has 0 bridgehead atoms. The molecule has 0 saturated carbocycles. The number of rotatable bonds is 6. The van der Waals surface area contributed by atoms with E-state index in [2.05, 4.69) is 10.3 Å². The van der Waals surface area contributed by atoms with E-state index in [0.29, 0.717) is 13.2 Å². The third-order valence-corrected chi connectivity index (χ3v) is 3.41. The molecule has 1 N–H and O–H groups in total. The molecule has 0 fully saturated rings. The van der Waals surface area contributed by atoms with E-state index in [1.165, 1.54) is 12.1 Å². The molecule has 3 aromatic rings. The summed E-state index contributed by atoms with van der Waals surface area (Å²) in [6, 6.07) is 19.9. The number of halogens is 1. The Kier molecular flexibility index (Phi) is 4.84. The summed E-state index contributed by atoms with van der Waals surface area (Å²) in [4.78, 5) is 4.24. The minimum Gasteiger partial charge on any atom is -0.489 e. The van der Waals surface area contributed by atoms with Crippen molar-refractivity contribution in [1.82, 2.24) is 4.98 Å². The lowest BCUT2D eigenvalue weighted by Gasteiger charge is -2.12. The number of nitrogens with one attached hydrogen (secondary N) is 1. The van der Waals surface area contributed by atoms with E-state index in [9.17, 15) is 4.39 Å². The first-order valence-electron chi connectivity index (χ1n) is 7.41. The molecule has 0 saturated heterocycles. The van der Waals surface area contributed by atoms with Crippen molar-refractivity contribution < 1.29 is 9.13 Å². The van der Waals surface area contributed by atoms with E-state index in [-0.39, 0.29) is 5.82 Å². The van der Waals surface area contributed by atoms with Crippen LogP contribution in [0.3, 0.4) is 0 Å². The molecule has 1 heterocycles. The number of hydrogen-bond donors (Lipinski definition) is 1. The predicted molar refractivity (Wildman–Crippen MR) is 88.7 cm³/mol. The van der Waals surface area contributed by atoms with Gasteiger partial charge in [-0.15, -0.1) is 0 Å². The van der Waals surface area contributed by atoms with Crippen LogP contribution in [0.5, 0.6) is 5.75 Å². The molecule has 2 aromatic carbocycles. The van der Waals surface area contributed by atoms with E-state index >= 15 is 0 Å². The summed E-state index contributed by atoms with van der Waals surface area (Å²) in [6.45, 7) is 1.03. The first-order chi connectivity index (χ1) is 11.3. The van der Waals surface area contributed by atoms with Gasteiger partial charge in [0.15, 0.2) is 0 Å². The van der Waals surface area contributed by atoms with Crippen molar-refractivity contribution in [2.75, 3.05) is 5.32 Å². The van der Waals surface area contributed by atoms with Crippen molar-refractivity contribution >= 4 is 5.82 Å². The fourth-order valence-electron chi connectivity index (χ4n) is 2.19. The average molecular weight is 308 g/mol. The van der Waals surface area contributed by atoms with Gasteiger partial charge in [0.2, 0.25) is 0 Å². The molecule has 0 spiro atoms. The summed E-state index contributed by atoms with van der Waals surface area (Å²) >= 11 is 0. The molecular formula is C19H17FN2O. The van der Waals surface area contributed by atoms with Gasteiger partial charge in [0.05, 0.1) is 0 Å².